The van der Waals surface area contributed by atoms with Crippen LogP contribution in [-0.4, -0.2) is 11.5 Å². The fourth-order valence-corrected chi connectivity index (χ4v) is 2.23. The third-order valence-corrected chi connectivity index (χ3v) is 3.32. The first-order valence-corrected chi connectivity index (χ1v) is 5.83. The van der Waals surface area contributed by atoms with Crippen LogP contribution in [0.4, 0.5) is 0 Å². The summed E-state index contributed by atoms with van der Waals surface area (Å²) in [5, 5.41) is 2.12. The summed E-state index contributed by atoms with van der Waals surface area (Å²) in [4.78, 5) is 4.21. The molecular weight excluding hydrogens is 243 g/mol. The smallest absolute Gasteiger partial charge is 0.129 e. The van der Waals surface area contributed by atoms with Gasteiger partial charge in [-0.05, 0) is 36.2 Å². The van der Waals surface area contributed by atoms with Crippen molar-refractivity contribution in [3.63, 3.8) is 0 Å². The maximum Gasteiger partial charge on any atom is 0.129 e. The standard InChI is InChI=1S/C12H12Cl2N2/c1-7(6-15)8-2-4-10-9(12(8)14)3-5-11(13)16-10/h2-5,7H,6,15H2,1H3. The zero-order chi connectivity index (χ0) is 11.7. The number of pyridine rings is 1. The van der Waals surface area contributed by atoms with Gasteiger partial charge in [-0.25, -0.2) is 4.98 Å². The van der Waals surface area contributed by atoms with Crippen LogP contribution in [0.15, 0.2) is 24.3 Å². The quantitative estimate of drug-likeness (QED) is 0.832. The van der Waals surface area contributed by atoms with Crippen LogP contribution in [0.3, 0.4) is 0 Å². The first kappa shape index (κ1) is 11.6. The van der Waals surface area contributed by atoms with E-state index >= 15 is 0 Å². The Morgan fingerprint density at radius 3 is 2.69 bits per heavy atom. The minimum atomic E-state index is 0.243. The number of hydrogen-bond acceptors (Lipinski definition) is 2. The van der Waals surface area contributed by atoms with E-state index in [0.717, 1.165) is 21.5 Å². The number of aromatic nitrogens is 1. The second-order valence-electron chi connectivity index (χ2n) is 3.81. The van der Waals surface area contributed by atoms with E-state index < -0.39 is 0 Å². The second kappa shape index (κ2) is 4.58. The zero-order valence-electron chi connectivity index (χ0n) is 8.87. The Balaban J connectivity index is 2.65. The lowest BCUT2D eigenvalue weighted by molar-refractivity contribution is 0.775. The first-order valence-electron chi connectivity index (χ1n) is 5.08. The number of hydrogen-bond donors (Lipinski definition) is 1. The third kappa shape index (κ3) is 2.01. The number of fused-ring (bicyclic) bond motifs is 1. The molecule has 16 heavy (non-hydrogen) atoms. The molecule has 1 atom stereocenters. The molecule has 2 rings (SSSR count). The van der Waals surface area contributed by atoms with Crippen molar-refractivity contribution < 1.29 is 0 Å². The Morgan fingerprint density at radius 2 is 2.00 bits per heavy atom. The van der Waals surface area contributed by atoms with E-state index in [1.54, 1.807) is 6.07 Å². The summed E-state index contributed by atoms with van der Waals surface area (Å²) in [6.07, 6.45) is 0. The van der Waals surface area contributed by atoms with Crippen molar-refractivity contribution in [2.75, 3.05) is 6.54 Å². The van der Waals surface area contributed by atoms with Crippen molar-refractivity contribution in [3.05, 3.63) is 40.0 Å². The fourth-order valence-electron chi connectivity index (χ4n) is 1.67. The van der Waals surface area contributed by atoms with Gasteiger partial charge in [0, 0.05) is 5.39 Å². The lowest BCUT2D eigenvalue weighted by atomic mass is 9.99. The molecule has 2 nitrogen and oxygen atoms in total. The summed E-state index contributed by atoms with van der Waals surface area (Å²) in [5.41, 5.74) is 7.51. The maximum atomic E-state index is 6.33. The Bertz CT molecular complexity index is 526. The summed E-state index contributed by atoms with van der Waals surface area (Å²) in [6, 6.07) is 7.52. The number of nitrogens with zero attached hydrogens (tertiary/aromatic N) is 1. The van der Waals surface area contributed by atoms with Gasteiger partial charge in [-0.3, -0.25) is 0 Å². The molecule has 0 saturated carbocycles. The van der Waals surface area contributed by atoms with E-state index in [-0.39, 0.29) is 5.92 Å². The monoisotopic (exact) mass is 254 g/mol. The maximum absolute atomic E-state index is 6.33. The molecule has 0 radical (unpaired) electrons. The second-order valence-corrected chi connectivity index (χ2v) is 4.57. The van der Waals surface area contributed by atoms with Crippen molar-refractivity contribution >= 4 is 34.1 Å². The van der Waals surface area contributed by atoms with Crippen LogP contribution >= 0.6 is 23.2 Å². The SMILES string of the molecule is CC(CN)c1ccc2nc(Cl)ccc2c1Cl. The van der Waals surface area contributed by atoms with Crippen LogP contribution in [0, 0.1) is 0 Å². The number of rotatable bonds is 2. The lowest BCUT2D eigenvalue weighted by Gasteiger charge is -2.12. The molecule has 0 aliphatic rings. The molecule has 84 valence electrons. The summed E-state index contributed by atoms with van der Waals surface area (Å²) >= 11 is 12.2. The van der Waals surface area contributed by atoms with Gasteiger partial charge in [0.05, 0.1) is 10.5 Å². The molecule has 2 aromatic rings. The highest BCUT2D eigenvalue weighted by atomic mass is 35.5. The number of nitrogens with two attached hydrogens (primary N) is 1. The Hall–Kier alpha value is -0.830. The van der Waals surface area contributed by atoms with Crippen LogP contribution < -0.4 is 5.73 Å². The zero-order valence-corrected chi connectivity index (χ0v) is 10.4. The van der Waals surface area contributed by atoms with Gasteiger partial charge in [0.2, 0.25) is 0 Å². The molecule has 0 bridgehead atoms. The third-order valence-electron chi connectivity index (χ3n) is 2.69. The van der Waals surface area contributed by atoms with E-state index in [0.29, 0.717) is 11.7 Å². The van der Waals surface area contributed by atoms with Gasteiger partial charge < -0.3 is 5.73 Å². The molecule has 2 N–H and O–H groups in total. The van der Waals surface area contributed by atoms with Crippen LogP contribution in [0.25, 0.3) is 10.9 Å². The highest BCUT2D eigenvalue weighted by Crippen LogP contribution is 2.31. The lowest BCUT2D eigenvalue weighted by Crippen LogP contribution is -2.09. The van der Waals surface area contributed by atoms with Crippen LogP contribution in [0.2, 0.25) is 10.2 Å². The van der Waals surface area contributed by atoms with Crippen molar-refractivity contribution in [1.29, 1.82) is 0 Å². The topological polar surface area (TPSA) is 38.9 Å². The highest BCUT2D eigenvalue weighted by Gasteiger charge is 2.11. The van der Waals surface area contributed by atoms with Crippen molar-refractivity contribution in [2.24, 2.45) is 5.73 Å². The molecular formula is C12H12Cl2N2. The van der Waals surface area contributed by atoms with Crippen molar-refractivity contribution in [3.8, 4) is 0 Å². The molecule has 0 fully saturated rings. The van der Waals surface area contributed by atoms with Gasteiger partial charge >= 0.3 is 0 Å². The summed E-state index contributed by atoms with van der Waals surface area (Å²) < 4.78 is 0. The largest absolute Gasteiger partial charge is 0.330 e. The average Bonchev–Trinajstić information content (AvgIpc) is 2.28. The van der Waals surface area contributed by atoms with Gasteiger partial charge in [0.15, 0.2) is 0 Å². The molecule has 0 spiro atoms. The van der Waals surface area contributed by atoms with Crippen molar-refractivity contribution in [2.45, 2.75) is 12.8 Å². The van der Waals surface area contributed by atoms with Gasteiger partial charge in [-0.2, -0.15) is 0 Å². The van der Waals surface area contributed by atoms with E-state index in [1.165, 1.54) is 0 Å². The molecule has 0 aliphatic heterocycles. The van der Waals surface area contributed by atoms with Crippen LogP contribution in [0.1, 0.15) is 18.4 Å². The van der Waals surface area contributed by atoms with Gasteiger partial charge in [0.25, 0.3) is 0 Å². The molecule has 0 amide bonds. The van der Waals surface area contributed by atoms with Crippen LogP contribution in [0.5, 0.6) is 0 Å². The van der Waals surface area contributed by atoms with E-state index in [1.807, 2.05) is 18.2 Å². The fraction of sp³-hybridized carbons (Fsp3) is 0.250. The summed E-state index contributed by atoms with van der Waals surface area (Å²) in [5.74, 6) is 0.243. The van der Waals surface area contributed by atoms with Gasteiger partial charge in [-0.15, -0.1) is 0 Å². The minimum Gasteiger partial charge on any atom is -0.330 e. The Kier molecular flexibility index (Phi) is 3.33. The predicted octanol–water partition coefficient (Wildman–Crippen LogP) is 3.60. The highest BCUT2D eigenvalue weighted by molar-refractivity contribution is 6.36. The van der Waals surface area contributed by atoms with Gasteiger partial charge in [-0.1, -0.05) is 36.2 Å². The average molecular weight is 255 g/mol. The van der Waals surface area contributed by atoms with E-state index in [4.69, 9.17) is 28.9 Å². The number of halogens is 2. The molecule has 1 unspecified atom stereocenters. The molecule has 0 aliphatic carbocycles. The number of benzene rings is 1. The van der Waals surface area contributed by atoms with Gasteiger partial charge in [0.1, 0.15) is 5.15 Å². The van der Waals surface area contributed by atoms with E-state index in [9.17, 15) is 0 Å². The Labute approximate surface area is 104 Å². The first-order chi connectivity index (χ1) is 7.63. The van der Waals surface area contributed by atoms with E-state index in [2.05, 4.69) is 11.9 Å². The Morgan fingerprint density at radius 1 is 1.25 bits per heavy atom. The minimum absolute atomic E-state index is 0.243. The molecule has 1 heterocycles. The summed E-state index contributed by atoms with van der Waals surface area (Å²) in [6.45, 7) is 2.63. The summed E-state index contributed by atoms with van der Waals surface area (Å²) in [7, 11) is 0. The molecule has 1 aromatic heterocycles. The molecule has 0 saturated heterocycles. The van der Waals surface area contributed by atoms with Crippen LogP contribution in [-0.2, 0) is 0 Å². The predicted molar refractivity (Wildman–Crippen MR) is 69.2 cm³/mol. The normalized spacial score (nSPS) is 13.0. The molecule has 1 aromatic carbocycles. The van der Waals surface area contributed by atoms with Crippen molar-refractivity contribution in [1.82, 2.24) is 4.98 Å². The molecule has 4 heteroatoms.